The highest BCUT2D eigenvalue weighted by molar-refractivity contribution is 7.99. The Bertz CT molecular complexity index is 877. The monoisotopic (exact) mass is 371 g/mol. The van der Waals surface area contributed by atoms with E-state index in [1.165, 1.54) is 11.8 Å². The third-order valence-corrected chi connectivity index (χ3v) is 4.82. The number of anilines is 1. The average molecular weight is 371 g/mol. The first kappa shape index (κ1) is 18.3. The lowest BCUT2D eigenvalue weighted by atomic mass is 10.3. The number of rotatable bonds is 8. The molecule has 2 aromatic carbocycles. The van der Waals surface area contributed by atoms with Crippen molar-refractivity contribution in [3.63, 3.8) is 0 Å². The molecule has 3 aromatic rings. The molecule has 0 atom stereocenters. The van der Waals surface area contributed by atoms with Gasteiger partial charge in [-0.25, -0.2) is 4.98 Å². The Hall–Kier alpha value is -2.51. The molecule has 0 saturated carbocycles. The maximum absolute atomic E-state index is 12.3. The zero-order valence-corrected chi connectivity index (χ0v) is 15.6. The summed E-state index contributed by atoms with van der Waals surface area (Å²) in [6.07, 6.45) is 0. The SMILES string of the molecule is COCCn1c(SCC(=O)Nc2ccc(OC)cc2)nc2ccccc21. The minimum absolute atomic E-state index is 0.0782. The van der Waals surface area contributed by atoms with E-state index in [2.05, 4.69) is 14.9 Å². The molecule has 1 aromatic heterocycles. The maximum atomic E-state index is 12.3. The molecule has 1 heterocycles. The van der Waals surface area contributed by atoms with E-state index in [-0.39, 0.29) is 11.7 Å². The van der Waals surface area contributed by atoms with Gasteiger partial charge in [-0.2, -0.15) is 0 Å². The number of nitrogens with one attached hydrogen (secondary N) is 1. The molecule has 26 heavy (non-hydrogen) atoms. The summed E-state index contributed by atoms with van der Waals surface area (Å²) in [4.78, 5) is 16.9. The third-order valence-electron chi connectivity index (χ3n) is 3.84. The fraction of sp³-hybridized carbons (Fsp3) is 0.263. The Balaban J connectivity index is 1.67. The maximum Gasteiger partial charge on any atom is 0.234 e. The van der Waals surface area contributed by atoms with Crippen LogP contribution in [0, 0.1) is 0 Å². The highest BCUT2D eigenvalue weighted by Crippen LogP contribution is 2.24. The van der Waals surface area contributed by atoms with Crippen LogP contribution in [0.2, 0.25) is 0 Å². The molecule has 0 saturated heterocycles. The van der Waals surface area contributed by atoms with Crippen molar-refractivity contribution in [3.8, 4) is 5.75 Å². The number of para-hydroxylation sites is 2. The molecule has 1 N–H and O–H groups in total. The number of aromatic nitrogens is 2. The highest BCUT2D eigenvalue weighted by atomic mass is 32.2. The smallest absolute Gasteiger partial charge is 0.234 e. The van der Waals surface area contributed by atoms with Gasteiger partial charge in [-0.1, -0.05) is 23.9 Å². The van der Waals surface area contributed by atoms with Crippen LogP contribution in [0.5, 0.6) is 5.75 Å². The van der Waals surface area contributed by atoms with E-state index in [0.717, 1.165) is 27.6 Å². The molecule has 0 fully saturated rings. The number of carbonyl (C=O) groups excluding carboxylic acids is 1. The molecule has 3 rings (SSSR count). The molecule has 0 aliphatic carbocycles. The van der Waals surface area contributed by atoms with E-state index < -0.39 is 0 Å². The molecule has 0 aliphatic rings. The van der Waals surface area contributed by atoms with E-state index in [9.17, 15) is 4.79 Å². The quantitative estimate of drug-likeness (QED) is 0.615. The van der Waals surface area contributed by atoms with Crippen molar-refractivity contribution in [2.45, 2.75) is 11.7 Å². The summed E-state index contributed by atoms with van der Waals surface area (Å²) in [5, 5.41) is 3.70. The summed E-state index contributed by atoms with van der Waals surface area (Å²) in [6.45, 7) is 1.28. The van der Waals surface area contributed by atoms with Crippen LogP contribution < -0.4 is 10.1 Å². The van der Waals surface area contributed by atoms with Crippen LogP contribution in [0.1, 0.15) is 0 Å². The number of nitrogens with zero attached hydrogens (tertiary/aromatic N) is 2. The fourth-order valence-electron chi connectivity index (χ4n) is 2.56. The van der Waals surface area contributed by atoms with Gasteiger partial charge in [0.15, 0.2) is 5.16 Å². The molecular weight excluding hydrogens is 350 g/mol. The van der Waals surface area contributed by atoms with Crippen molar-refractivity contribution < 1.29 is 14.3 Å². The second-order valence-electron chi connectivity index (χ2n) is 5.59. The summed E-state index contributed by atoms with van der Waals surface area (Å²) >= 11 is 1.42. The van der Waals surface area contributed by atoms with Crippen molar-refractivity contribution in [1.82, 2.24) is 9.55 Å². The Morgan fingerprint density at radius 3 is 2.65 bits per heavy atom. The van der Waals surface area contributed by atoms with Crippen molar-refractivity contribution in [2.24, 2.45) is 0 Å². The third kappa shape index (κ3) is 4.36. The number of thioether (sulfide) groups is 1. The largest absolute Gasteiger partial charge is 0.497 e. The number of hydrogen-bond acceptors (Lipinski definition) is 5. The molecule has 0 bridgehead atoms. The van der Waals surface area contributed by atoms with Gasteiger partial charge < -0.3 is 19.4 Å². The molecule has 0 spiro atoms. The Kier molecular flexibility index (Phi) is 6.14. The summed E-state index contributed by atoms with van der Waals surface area (Å²) in [5.41, 5.74) is 2.70. The summed E-state index contributed by atoms with van der Waals surface area (Å²) in [7, 11) is 3.29. The van der Waals surface area contributed by atoms with Crippen LogP contribution in [0.3, 0.4) is 0 Å². The van der Waals surface area contributed by atoms with E-state index in [4.69, 9.17) is 9.47 Å². The Morgan fingerprint density at radius 2 is 1.92 bits per heavy atom. The zero-order valence-electron chi connectivity index (χ0n) is 14.8. The van der Waals surface area contributed by atoms with Crippen molar-refractivity contribution in [2.75, 3.05) is 31.9 Å². The number of amides is 1. The van der Waals surface area contributed by atoms with Crippen LogP contribution in [-0.4, -0.2) is 42.0 Å². The molecular formula is C19H21N3O3S. The Morgan fingerprint density at radius 1 is 1.15 bits per heavy atom. The molecule has 0 radical (unpaired) electrons. The van der Waals surface area contributed by atoms with Crippen LogP contribution >= 0.6 is 11.8 Å². The first-order valence-corrected chi connectivity index (χ1v) is 9.20. The summed E-state index contributed by atoms with van der Waals surface area (Å²) in [6, 6.07) is 15.2. The number of carbonyl (C=O) groups is 1. The molecule has 136 valence electrons. The normalized spacial score (nSPS) is 10.8. The van der Waals surface area contributed by atoms with Gasteiger partial charge in [0, 0.05) is 19.3 Å². The summed E-state index contributed by atoms with van der Waals surface area (Å²) in [5.74, 6) is 0.956. The lowest BCUT2D eigenvalue weighted by Crippen LogP contribution is -2.15. The first-order chi connectivity index (χ1) is 12.7. The van der Waals surface area contributed by atoms with Gasteiger partial charge in [-0.3, -0.25) is 4.79 Å². The fourth-order valence-corrected chi connectivity index (χ4v) is 3.40. The van der Waals surface area contributed by atoms with Gasteiger partial charge in [-0.05, 0) is 36.4 Å². The average Bonchev–Trinajstić information content (AvgIpc) is 3.03. The van der Waals surface area contributed by atoms with E-state index in [1.54, 1.807) is 14.2 Å². The molecule has 6 nitrogen and oxygen atoms in total. The lowest BCUT2D eigenvalue weighted by Gasteiger charge is -2.09. The van der Waals surface area contributed by atoms with E-state index in [1.807, 2.05) is 48.5 Å². The highest BCUT2D eigenvalue weighted by Gasteiger charge is 2.13. The first-order valence-electron chi connectivity index (χ1n) is 8.22. The van der Waals surface area contributed by atoms with Gasteiger partial charge in [0.1, 0.15) is 5.75 Å². The summed E-state index contributed by atoms with van der Waals surface area (Å²) < 4.78 is 12.4. The van der Waals surface area contributed by atoms with Crippen LogP contribution in [-0.2, 0) is 16.1 Å². The standard InChI is InChI=1S/C19H21N3O3S/c1-24-12-11-22-17-6-4-3-5-16(17)21-19(22)26-13-18(23)20-14-7-9-15(25-2)10-8-14/h3-10H,11-13H2,1-2H3,(H,20,23). The van der Waals surface area contributed by atoms with Gasteiger partial charge in [0.2, 0.25) is 5.91 Å². The van der Waals surface area contributed by atoms with Crippen molar-refractivity contribution >= 4 is 34.4 Å². The molecule has 0 unspecified atom stereocenters. The van der Waals surface area contributed by atoms with E-state index in [0.29, 0.717) is 13.2 Å². The van der Waals surface area contributed by atoms with Crippen molar-refractivity contribution in [1.29, 1.82) is 0 Å². The molecule has 1 amide bonds. The second-order valence-corrected chi connectivity index (χ2v) is 6.54. The Labute approximate surface area is 156 Å². The van der Waals surface area contributed by atoms with Gasteiger partial charge >= 0.3 is 0 Å². The molecule has 0 aliphatic heterocycles. The lowest BCUT2D eigenvalue weighted by molar-refractivity contribution is -0.113. The van der Waals surface area contributed by atoms with Crippen LogP contribution in [0.4, 0.5) is 5.69 Å². The second kappa shape index (κ2) is 8.73. The van der Waals surface area contributed by atoms with Gasteiger partial charge in [0.25, 0.3) is 0 Å². The topological polar surface area (TPSA) is 65.4 Å². The van der Waals surface area contributed by atoms with Crippen molar-refractivity contribution in [3.05, 3.63) is 48.5 Å². The van der Waals surface area contributed by atoms with Crippen LogP contribution in [0.25, 0.3) is 11.0 Å². The van der Waals surface area contributed by atoms with Gasteiger partial charge in [0.05, 0.1) is 30.5 Å². The number of ether oxygens (including phenoxy) is 2. The number of benzene rings is 2. The number of hydrogen-bond donors (Lipinski definition) is 1. The van der Waals surface area contributed by atoms with E-state index >= 15 is 0 Å². The zero-order chi connectivity index (χ0) is 18.4. The van der Waals surface area contributed by atoms with Crippen LogP contribution in [0.15, 0.2) is 53.7 Å². The number of imidazole rings is 1. The predicted octanol–water partition coefficient (Wildman–Crippen LogP) is 3.42. The number of methoxy groups -OCH3 is 2. The minimum Gasteiger partial charge on any atom is -0.497 e. The molecule has 7 heteroatoms. The minimum atomic E-state index is -0.0782. The van der Waals surface area contributed by atoms with Gasteiger partial charge in [-0.15, -0.1) is 0 Å². The predicted molar refractivity (Wildman–Crippen MR) is 104 cm³/mol. The number of fused-ring (bicyclic) bond motifs is 1.